The Morgan fingerprint density at radius 2 is 1.97 bits per heavy atom. The molecule has 2 heterocycles. The van der Waals surface area contributed by atoms with E-state index >= 15 is 0 Å². The number of unbranched alkanes of at least 4 members (excludes halogenated alkanes) is 1. The minimum absolute atomic E-state index is 0.177. The number of methoxy groups -OCH3 is 1. The fraction of sp³-hybridized carbons (Fsp3) is 0.273. The van der Waals surface area contributed by atoms with Gasteiger partial charge in [-0.2, -0.15) is 0 Å². The molecule has 0 unspecified atom stereocenters. The predicted octanol–water partition coefficient (Wildman–Crippen LogP) is 3.95. The quantitative estimate of drug-likeness (QED) is 0.401. The van der Waals surface area contributed by atoms with E-state index in [0.29, 0.717) is 35.2 Å². The van der Waals surface area contributed by atoms with Gasteiger partial charge in [0.2, 0.25) is 12.7 Å². The Labute approximate surface area is 168 Å². The number of nitrogens with zero attached hydrogens (tertiary/aromatic N) is 1. The molecule has 0 N–H and O–H groups in total. The summed E-state index contributed by atoms with van der Waals surface area (Å²) in [4.78, 5) is 16.6. The summed E-state index contributed by atoms with van der Waals surface area (Å²) in [6, 6.07) is 10.7. The summed E-state index contributed by atoms with van der Waals surface area (Å²) < 4.78 is 27.1. The first-order chi connectivity index (χ1) is 14.2. The Balaban J connectivity index is 1.59. The van der Waals surface area contributed by atoms with Crippen LogP contribution >= 0.6 is 0 Å². The number of cyclic esters (lactones) is 1. The van der Waals surface area contributed by atoms with Crippen LogP contribution in [-0.4, -0.2) is 32.4 Å². The highest BCUT2D eigenvalue weighted by Crippen LogP contribution is 2.34. The molecule has 0 bridgehead atoms. The summed E-state index contributed by atoms with van der Waals surface area (Å²) in [5.74, 6) is 2.24. The van der Waals surface area contributed by atoms with Crippen molar-refractivity contribution >= 4 is 17.9 Å². The third-order valence-corrected chi connectivity index (χ3v) is 4.49. The van der Waals surface area contributed by atoms with Crippen molar-refractivity contribution in [2.24, 2.45) is 4.99 Å². The Bertz CT molecular complexity index is 995. The molecule has 0 aliphatic carbocycles. The molecule has 0 saturated heterocycles. The molecule has 0 fully saturated rings. The first-order valence-electron chi connectivity index (χ1n) is 9.41. The molecule has 0 radical (unpaired) electrons. The van der Waals surface area contributed by atoms with Gasteiger partial charge in [0.15, 0.2) is 28.7 Å². The average molecular weight is 395 g/mol. The SMILES string of the molecule is CCCCOc1cc(/C=C2\N=C(c3ccc4c(c3)OCO4)OC2=O)ccc1OC. The van der Waals surface area contributed by atoms with Gasteiger partial charge < -0.3 is 23.7 Å². The zero-order valence-corrected chi connectivity index (χ0v) is 16.3. The van der Waals surface area contributed by atoms with Crippen LogP contribution in [0.25, 0.3) is 6.08 Å². The summed E-state index contributed by atoms with van der Waals surface area (Å²) in [6.45, 7) is 2.88. The minimum atomic E-state index is -0.512. The number of fused-ring (bicyclic) bond motifs is 1. The number of carbonyl (C=O) groups excluding carboxylic acids is 1. The molecule has 4 rings (SSSR count). The van der Waals surface area contributed by atoms with Gasteiger partial charge in [-0.05, 0) is 48.4 Å². The van der Waals surface area contributed by atoms with Gasteiger partial charge in [-0.25, -0.2) is 9.79 Å². The van der Waals surface area contributed by atoms with Crippen molar-refractivity contribution < 1.29 is 28.5 Å². The zero-order valence-electron chi connectivity index (χ0n) is 16.3. The van der Waals surface area contributed by atoms with Gasteiger partial charge in [-0.1, -0.05) is 19.4 Å². The first-order valence-corrected chi connectivity index (χ1v) is 9.41. The van der Waals surface area contributed by atoms with E-state index in [9.17, 15) is 4.79 Å². The molecule has 2 aromatic carbocycles. The number of ether oxygens (including phenoxy) is 5. The van der Waals surface area contributed by atoms with Crippen molar-refractivity contribution in [1.82, 2.24) is 0 Å². The molecule has 29 heavy (non-hydrogen) atoms. The van der Waals surface area contributed by atoms with Crippen molar-refractivity contribution in [3.05, 3.63) is 53.2 Å². The third kappa shape index (κ3) is 4.03. The number of aliphatic imine (C=N–C) groups is 1. The Kier molecular flexibility index (Phi) is 5.37. The Morgan fingerprint density at radius 3 is 2.79 bits per heavy atom. The van der Waals surface area contributed by atoms with Crippen LogP contribution < -0.4 is 18.9 Å². The largest absolute Gasteiger partial charge is 0.493 e. The van der Waals surface area contributed by atoms with E-state index in [4.69, 9.17) is 23.7 Å². The lowest BCUT2D eigenvalue weighted by atomic mass is 10.1. The topological polar surface area (TPSA) is 75.6 Å². The van der Waals surface area contributed by atoms with E-state index in [1.54, 1.807) is 37.5 Å². The highest BCUT2D eigenvalue weighted by atomic mass is 16.7. The zero-order chi connectivity index (χ0) is 20.2. The highest BCUT2D eigenvalue weighted by molar-refractivity contribution is 6.13. The maximum absolute atomic E-state index is 12.3. The molecule has 0 aromatic heterocycles. The summed E-state index contributed by atoms with van der Waals surface area (Å²) >= 11 is 0. The first kappa shape index (κ1) is 18.9. The van der Waals surface area contributed by atoms with Crippen molar-refractivity contribution in [1.29, 1.82) is 0 Å². The normalized spacial score (nSPS) is 16.0. The van der Waals surface area contributed by atoms with Gasteiger partial charge in [-0.3, -0.25) is 0 Å². The molecular weight excluding hydrogens is 374 g/mol. The molecule has 2 aliphatic heterocycles. The molecule has 7 nitrogen and oxygen atoms in total. The fourth-order valence-electron chi connectivity index (χ4n) is 2.94. The second-order valence-electron chi connectivity index (χ2n) is 6.52. The smallest absolute Gasteiger partial charge is 0.363 e. The molecule has 2 aromatic rings. The van der Waals surface area contributed by atoms with Crippen molar-refractivity contribution in [3.8, 4) is 23.0 Å². The number of carbonyl (C=O) groups is 1. The van der Waals surface area contributed by atoms with E-state index in [0.717, 1.165) is 18.4 Å². The van der Waals surface area contributed by atoms with Crippen LogP contribution in [0.5, 0.6) is 23.0 Å². The van der Waals surface area contributed by atoms with E-state index in [2.05, 4.69) is 11.9 Å². The number of benzene rings is 2. The second kappa shape index (κ2) is 8.26. The van der Waals surface area contributed by atoms with Crippen LogP contribution in [0.4, 0.5) is 0 Å². The van der Waals surface area contributed by atoms with Crippen LogP contribution in [-0.2, 0) is 9.53 Å². The summed E-state index contributed by atoms with van der Waals surface area (Å²) in [5, 5.41) is 0. The lowest BCUT2D eigenvalue weighted by molar-refractivity contribution is -0.129. The average Bonchev–Trinajstić information content (AvgIpc) is 3.34. The Morgan fingerprint density at radius 1 is 1.10 bits per heavy atom. The maximum atomic E-state index is 12.3. The molecule has 0 saturated carbocycles. The van der Waals surface area contributed by atoms with E-state index < -0.39 is 5.97 Å². The number of rotatable bonds is 7. The van der Waals surface area contributed by atoms with Crippen molar-refractivity contribution in [3.63, 3.8) is 0 Å². The van der Waals surface area contributed by atoms with Gasteiger partial charge in [0.1, 0.15) is 0 Å². The van der Waals surface area contributed by atoms with Gasteiger partial charge in [0, 0.05) is 5.56 Å². The molecular formula is C22H21NO6. The van der Waals surface area contributed by atoms with Crippen molar-refractivity contribution in [2.45, 2.75) is 19.8 Å². The van der Waals surface area contributed by atoms with Gasteiger partial charge >= 0.3 is 5.97 Å². The number of hydrogen-bond acceptors (Lipinski definition) is 7. The molecule has 0 atom stereocenters. The van der Waals surface area contributed by atoms with Gasteiger partial charge in [-0.15, -0.1) is 0 Å². The second-order valence-corrected chi connectivity index (χ2v) is 6.52. The van der Waals surface area contributed by atoms with Gasteiger partial charge in [0.05, 0.1) is 13.7 Å². The van der Waals surface area contributed by atoms with Crippen LogP contribution in [0.2, 0.25) is 0 Å². The lowest BCUT2D eigenvalue weighted by Crippen LogP contribution is -2.05. The van der Waals surface area contributed by atoms with Crippen LogP contribution in [0.1, 0.15) is 30.9 Å². The van der Waals surface area contributed by atoms with Crippen LogP contribution in [0, 0.1) is 0 Å². The highest BCUT2D eigenvalue weighted by Gasteiger charge is 2.26. The molecule has 150 valence electrons. The number of esters is 1. The van der Waals surface area contributed by atoms with Gasteiger partial charge in [0.25, 0.3) is 0 Å². The maximum Gasteiger partial charge on any atom is 0.363 e. The molecule has 2 aliphatic rings. The molecule has 7 heteroatoms. The number of hydrogen-bond donors (Lipinski definition) is 0. The van der Waals surface area contributed by atoms with E-state index in [1.165, 1.54) is 0 Å². The van der Waals surface area contributed by atoms with Crippen LogP contribution in [0.3, 0.4) is 0 Å². The summed E-state index contributed by atoms with van der Waals surface area (Å²) in [7, 11) is 1.59. The van der Waals surface area contributed by atoms with E-state index in [-0.39, 0.29) is 18.4 Å². The van der Waals surface area contributed by atoms with Crippen LogP contribution in [0.15, 0.2) is 47.1 Å². The fourth-order valence-corrected chi connectivity index (χ4v) is 2.94. The summed E-state index contributed by atoms with van der Waals surface area (Å²) in [6.07, 6.45) is 3.65. The standard InChI is InChI=1S/C22H21NO6/c1-3-4-9-26-19-11-14(5-7-17(19)25-2)10-16-22(24)29-21(23-16)15-6-8-18-20(12-15)28-13-27-18/h5-8,10-12H,3-4,9,13H2,1-2H3/b16-10-. The molecule has 0 amide bonds. The van der Waals surface area contributed by atoms with Crippen molar-refractivity contribution in [2.75, 3.05) is 20.5 Å². The third-order valence-electron chi connectivity index (χ3n) is 4.49. The monoisotopic (exact) mass is 395 g/mol. The Hall–Kier alpha value is -3.48. The molecule has 0 spiro atoms. The minimum Gasteiger partial charge on any atom is -0.493 e. The lowest BCUT2D eigenvalue weighted by Gasteiger charge is -2.11. The predicted molar refractivity (Wildman–Crippen MR) is 107 cm³/mol. The summed E-state index contributed by atoms with van der Waals surface area (Å²) in [5.41, 5.74) is 1.62. The van der Waals surface area contributed by atoms with E-state index in [1.807, 2.05) is 12.1 Å².